The Kier molecular flexibility index (Phi) is 10.4. The Bertz CT molecular complexity index is 3990. The van der Waals surface area contributed by atoms with Crippen LogP contribution in [-0.4, -0.2) is 14.5 Å². The minimum atomic E-state index is 0.708. The van der Waals surface area contributed by atoms with Crippen LogP contribution in [0.25, 0.3) is 82.9 Å². The molecule has 13 rings (SSSR count). The third kappa shape index (κ3) is 7.63. The first-order valence-corrected chi connectivity index (χ1v) is 24.1. The molecule has 0 fully saturated rings. The highest BCUT2D eigenvalue weighted by atomic mass is 15.2. The van der Waals surface area contributed by atoms with Gasteiger partial charge in [0.25, 0.3) is 0 Å². The van der Waals surface area contributed by atoms with Gasteiger partial charge in [0.2, 0.25) is 0 Å². The Morgan fingerprint density at radius 3 is 1.54 bits per heavy atom. The maximum Gasteiger partial charge on any atom is 0.160 e. The topological polar surface area (TPSA) is 37.2 Å². The summed E-state index contributed by atoms with van der Waals surface area (Å²) in [4.78, 5) is 14.9. The summed E-state index contributed by atoms with van der Waals surface area (Å²) in [6.07, 6.45) is 0. The van der Waals surface area contributed by atoms with Gasteiger partial charge in [0.05, 0.1) is 27.9 Å². The van der Waals surface area contributed by atoms with Crippen LogP contribution in [0.2, 0.25) is 0 Å². The van der Waals surface area contributed by atoms with Crippen molar-refractivity contribution in [2.75, 3.05) is 9.80 Å². The number of para-hydroxylation sites is 4. The number of benzene rings is 11. The molecule has 2 heterocycles. The predicted molar refractivity (Wildman–Crippen MR) is 297 cm³/mol. The molecule has 71 heavy (non-hydrogen) atoms. The molecule has 0 radical (unpaired) electrons. The normalized spacial score (nSPS) is 11.4. The van der Waals surface area contributed by atoms with Crippen molar-refractivity contribution < 1.29 is 0 Å². The van der Waals surface area contributed by atoms with Gasteiger partial charge in [-0.3, -0.25) is 0 Å². The molecule has 0 atom stereocenters. The molecule has 5 nitrogen and oxygen atoms in total. The van der Waals surface area contributed by atoms with Crippen molar-refractivity contribution in [1.29, 1.82) is 0 Å². The maximum absolute atomic E-state index is 5.18. The van der Waals surface area contributed by atoms with Crippen molar-refractivity contribution in [3.05, 3.63) is 273 Å². The second-order valence-corrected chi connectivity index (χ2v) is 17.8. The molecule has 0 aliphatic heterocycles. The monoisotopic (exact) mass is 907 g/mol. The summed E-state index contributed by atoms with van der Waals surface area (Å²) in [5.74, 6) is 0.708. The zero-order valence-corrected chi connectivity index (χ0v) is 38.7. The van der Waals surface area contributed by atoms with Crippen molar-refractivity contribution in [3.63, 3.8) is 0 Å². The van der Waals surface area contributed by atoms with Crippen LogP contribution in [0.3, 0.4) is 0 Å². The molecule has 0 N–H and O–H groups in total. The number of fused-ring (bicyclic) bond motifs is 5. The molecule has 0 aliphatic carbocycles. The second-order valence-electron chi connectivity index (χ2n) is 17.8. The number of hydrogen-bond donors (Lipinski definition) is 0. The Labute approximate surface area is 412 Å². The lowest BCUT2D eigenvalue weighted by atomic mass is 10.00. The van der Waals surface area contributed by atoms with E-state index in [0.717, 1.165) is 89.7 Å². The van der Waals surface area contributed by atoms with Crippen molar-refractivity contribution in [2.45, 2.75) is 0 Å². The van der Waals surface area contributed by atoms with Gasteiger partial charge in [-0.1, -0.05) is 164 Å². The fourth-order valence-corrected chi connectivity index (χ4v) is 10.2. The summed E-state index contributed by atoms with van der Waals surface area (Å²) in [6.45, 7) is 0. The van der Waals surface area contributed by atoms with Crippen LogP contribution in [0.15, 0.2) is 273 Å². The van der Waals surface area contributed by atoms with Gasteiger partial charge in [-0.05, 0) is 126 Å². The summed E-state index contributed by atoms with van der Waals surface area (Å²) in [5, 5.41) is 5.81. The predicted octanol–water partition coefficient (Wildman–Crippen LogP) is 17.8. The van der Waals surface area contributed by atoms with Gasteiger partial charge < -0.3 is 14.4 Å². The largest absolute Gasteiger partial charge is 0.311 e. The molecular formula is C66H45N5. The van der Waals surface area contributed by atoms with Crippen LogP contribution >= 0.6 is 0 Å². The average molecular weight is 908 g/mol. The minimum Gasteiger partial charge on any atom is -0.311 e. The van der Waals surface area contributed by atoms with Crippen LogP contribution in [-0.2, 0) is 0 Å². The zero-order valence-electron chi connectivity index (χ0n) is 38.7. The number of anilines is 6. The molecular weight excluding hydrogens is 863 g/mol. The van der Waals surface area contributed by atoms with Crippen LogP contribution in [0.1, 0.15) is 0 Å². The zero-order chi connectivity index (χ0) is 47.1. The van der Waals surface area contributed by atoms with E-state index < -0.39 is 0 Å². The molecule has 11 aromatic carbocycles. The van der Waals surface area contributed by atoms with E-state index in [2.05, 4.69) is 275 Å². The summed E-state index contributed by atoms with van der Waals surface area (Å²) >= 11 is 0. The Balaban J connectivity index is 0.880. The van der Waals surface area contributed by atoms with E-state index in [9.17, 15) is 0 Å². The van der Waals surface area contributed by atoms with Gasteiger partial charge in [0.1, 0.15) is 0 Å². The fraction of sp³-hybridized carbons (Fsp3) is 0. The Morgan fingerprint density at radius 2 is 0.803 bits per heavy atom. The molecule has 0 spiro atoms. The number of nitrogens with zero attached hydrogens (tertiary/aromatic N) is 5. The molecule has 0 bridgehead atoms. The molecule has 13 aromatic rings. The van der Waals surface area contributed by atoms with Crippen molar-refractivity contribution in [2.24, 2.45) is 0 Å². The minimum absolute atomic E-state index is 0.708. The molecule has 5 heteroatoms. The second kappa shape index (κ2) is 17.8. The quantitative estimate of drug-likeness (QED) is 0.137. The number of hydrogen-bond acceptors (Lipinski definition) is 4. The van der Waals surface area contributed by atoms with Gasteiger partial charge in [0.15, 0.2) is 5.82 Å². The van der Waals surface area contributed by atoms with Crippen LogP contribution in [0, 0.1) is 0 Å². The van der Waals surface area contributed by atoms with E-state index in [0.29, 0.717) is 5.82 Å². The Hall–Kier alpha value is -9.58. The number of rotatable bonds is 10. The summed E-state index contributed by atoms with van der Waals surface area (Å²) in [6, 6.07) is 97.1. The van der Waals surface area contributed by atoms with Gasteiger partial charge >= 0.3 is 0 Å². The summed E-state index contributed by atoms with van der Waals surface area (Å²) in [7, 11) is 0. The van der Waals surface area contributed by atoms with E-state index in [1.807, 2.05) is 12.1 Å². The van der Waals surface area contributed by atoms with E-state index in [1.54, 1.807) is 0 Å². The van der Waals surface area contributed by atoms with Gasteiger partial charge in [-0.2, -0.15) is 0 Å². The van der Waals surface area contributed by atoms with E-state index in [4.69, 9.17) is 9.97 Å². The van der Waals surface area contributed by atoms with E-state index >= 15 is 0 Å². The first-order chi connectivity index (χ1) is 35.2. The van der Waals surface area contributed by atoms with E-state index in [-0.39, 0.29) is 0 Å². The molecule has 2 aromatic heterocycles. The molecule has 334 valence electrons. The Morgan fingerprint density at radius 1 is 0.296 bits per heavy atom. The lowest BCUT2D eigenvalue weighted by molar-refractivity contribution is 1.17. The third-order valence-corrected chi connectivity index (χ3v) is 13.5. The first kappa shape index (κ1) is 41.6. The summed E-state index contributed by atoms with van der Waals surface area (Å²) in [5.41, 5.74) is 16.1. The van der Waals surface area contributed by atoms with Crippen molar-refractivity contribution in [3.8, 4) is 39.5 Å². The van der Waals surface area contributed by atoms with Gasteiger partial charge in [-0.15, -0.1) is 0 Å². The maximum atomic E-state index is 5.18. The molecule has 0 saturated carbocycles. The fourth-order valence-electron chi connectivity index (χ4n) is 10.2. The summed E-state index contributed by atoms with van der Waals surface area (Å²) < 4.78 is 2.39. The molecule has 0 saturated heterocycles. The highest BCUT2D eigenvalue weighted by molar-refractivity contribution is 6.10. The van der Waals surface area contributed by atoms with Gasteiger partial charge in [-0.25, -0.2) is 9.97 Å². The third-order valence-electron chi connectivity index (χ3n) is 13.5. The van der Waals surface area contributed by atoms with Crippen molar-refractivity contribution >= 4 is 77.6 Å². The number of aromatic nitrogens is 3. The standard InChI is InChI=1S/C66H45N5/c1-4-19-47(20-5-1)65-59-30-12-14-31-61(59)67-66(68-65)50-23-16-22-48(44-50)49-34-43-64-60(45-49)58-29-13-15-32-63(58)71(64)56-41-39-55(40-42-56)70(62-33-17-21-46-18-10-11-28-57(46)62)54-37-35-53(36-38-54)69(51-24-6-2-7-25-51)52-26-8-3-9-27-52/h1-45H. The highest BCUT2D eigenvalue weighted by Crippen LogP contribution is 2.43. The lowest BCUT2D eigenvalue weighted by Gasteiger charge is -2.29. The van der Waals surface area contributed by atoms with Gasteiger partial charge in [0, 0.05) is 66.8 Å². The van der Waals surface area contributed by atoms with Crippen LogP contribution in [0.5, 0.6) is 0 Å². The van der Waals surface area contributed by atoms with Crippen LogP contribution in [0.4, 0.5) is 34.1 Å². The first-order valence-electron chi connectivity index (χ1n) is 24.1. The highest BCUT2D eigenvalue weighted by Gasteiger charge is 2.20. The van der Waals surface area contributed by atoms with Crippen LogP contribution < -0.4 is 9.80 Å². The van der Waals surface area contributed by atoms with Crippen molar-refractivity contribution in [1.82, 2.24) is 14.5 Å². The molecule has 0 aliphatic rings. The molecule has 0 amide bonds. The molecule has 0 unspecified atom stereocenters. The van der Waals surface area contributed by atoms with E-state index in [1.165, 1.54) is 21.5 Å². The lowest BCUT2D eigenvalue weighted by Crippen LogP contribution is -2.12. The SMILES string of the molecule is c1ccc(-c2nc(-c3cccc(-c4ccc5c(c4)c4ccccc4n5-c4ccc(N(c5ccc(N(c6ccccc6)c6ccccc6)cc5)c5cccc6ccccc56)cc4)c3)nc3ccccc23)cc1. The smallest absolute Gasteiger partial charge is 0.160 e. The average Bonchev–Trinajstić information content (AvgIpc) is 3.78.